The second-order valence-corrected chi connectivity index (χ2v) is 5.10. The lowest BCUT2D eigenvalue weighted by molar-refractivity contribution is -0.137. The van der Waals surface area contributed by atoms with Crippen molar-refractivity contribution in [3.8, 4) is 0 Å². The summed E-state index contributed by atoms with van der Waals surface area (Å²) in [4.78, 5) is 45.7. The molecule has 0 spiro atoms. The van der Waals surface area contributed by atoms with Crippen molar-refractivity contribution in [1.29, 1.82) is 0 Å². The molecule has 0 aromatic rings. The summed E-state index contributed by atoms with van der Waals surface area (Å²) >= 11 is 1.55. The first kappa shape index (κ1) is 19.6. The van der Waals surface area contributed by atoms with Gasteiger partial charge in [-0.25, -0.2) is 0 Å². The maximum absolute atomic E-state index is 11.6. The van der Waals surface area contributed by atoms with Crippen LogP contribution in [0.15, 0.2) is 0 Å². The van der Waals surface area contributed by atoms with E-state index in [4.69, 9.17) is 10.8 Å². The number of nitrogens with zero attached hydrogens (tertiary/aromatic N) is 1. The Morgan fingerprint density at radius 1 is 1.33 bits per heavy atom. The molecule has 0 bridgehead atoms. The van der Waals surface area contributed by atoms with Crippen LogP contribution in [0.3, 0.4) is 0 Å². The number of nitrogens with two attached hydrogens (primary N) is 1. The molecule has 0 aliphatic heterocycles. The topological polar surface area (TPSA) is 142 Å². The highest BCUT2D eigenvalue weighted by Crippen LogP contribution is 1.99. The SMILES string of the molecule is CNC(=O)CN(CCNC(=O)[C@@H](N)CCC(=O)O)C(=O)I. The minimum absolute atomic E-state index is 0.0360. The van der Waals surface area contributed by atoms with E-state index in [2.05, 4.69) is 10.6 Å². The summed E-state index contributed by atoms with van der Waals surface area (Å²) in [5, 5.41) is 13.4. The fourth-order valence-corrected chi connectivity index (χ4v) is 1.75. The van der Waals surface area contributed by atoms with E-state index in [1.54, 1.807) is 22.6 Å². The first-order valence-corrected chi connectivity index (χ1v) is 7.25. The summed E-state index contributed by atoms with van der Waals surface area (Å²) in [6.07, 6.45) is -0.155. The van der Waals surface area contributed by atoms with Gasteiger partial charge >= 0.3 is 5.97 Å². The van der Waals surface area contributed by atoms with Crippen molar-refractivity contribution in [3.63, 3.8) is 0 Å². The number of rotatable bonds is 9. The second kappa shape index (κ2) is 10.3. The quantitative estimate of drug-likeness (QED) is 0.214. The van der Waals surface area contributed by atoms with E-state index in [-0.39, 0.29) is 42.3 Å². The fraction of sp³-hybridized carbons (Fsp3) is 0.636. The third-order valence-electron chi connectivity index (χ3n) is 2.55. The zero-order valence-corrected chi connectivity index (χ0v) is 13.8. The van der Waals surface area contributed by atoms with Gasteiger partial charge in [-0.1, -0.05) is 0 Å². The lowest BCUT2D eigenvalue weighted by Crippen LogP contribution is -2.45. The minimum atomic E-state index is -1.02. The lowest BCUT2D eigenvalue weighted by atomic mass is 10.1. The maximum atomic E-state index is 11.6. The summed E-state index contributed by atoms with van der Waals surface area (Å²) in [7, 11) is 1.46. The number of carbonyl (C=O) groups is 4. The van der Waals surface area contributed by atoms with Crippen LogP contribution in [-0.4, -0.2) is 64.4 Å². The van der Waals surface area contributed by atoms with E-state index < -0.39 is 17.9 Å². The van der Waals surface area contributed by atoms with Crippen molar-refractivity contribution in [2.75, 3.05) is 26.7 Å². The molecular weight excluding hydrogens is 395 g/mol. The molecule has 21 heavy (non-hydrogen) atoms. The molecule has 0 aromatic carbocycles. The van der Waals surface area contributed by atoms with E-state index in [1.807, 2.05) is 0 Å². The molecule has 0 heterocycles. The van der Waals surface area contributed by atoms with Crippen LogP contribution < -0.4 is 16.4 Å². The van der Waals surface area contributed by atoms with Gasteiger partial charge in [-0.05, 0) is 6.42 Å². The average molecular weight is 414 g/mol. The number of carboxylic acid groups (broad SMARTS) is 1. The van der Waals surface area contributed by atoms with Gasteiger partial charge in [-0.15, -0.1) is 0 Å². The number of aliphatic carboxylic acids is 1. The fourth-order valence-electron chi connectivity index (χ4n) is 1.34. The largest absolute Gasteiger partial charge is 0.481 e. The van der Waals surface area contributed by atoms with Gasteiger partial charge in [0.2, 0.25) is 11.8 Å². The van der Waals surface area contributed by atoms with Gasteiger partial charge in [0.05, 0.1) is 6.04 Å². The normalized spacial score (nSPS) is 11.4. The van der Waals surface area contributed by atoms with E-state index >= 15 is 0 Å². The van der Waals surface area contributed by atoms with E-state index in [0.29, 0.717) is 0 Å². The van der Waals surface area contributed by atoms with Crippen molar-refractivity contribution in [3.05, 3.63) is 0 Å². The van der Waals surface area contributed by atoms with E-state index in [0.717, 1.165) is 0 Å². The number of nitrogens with one attached hydrogen (secondary N) is 2. The second-order valence-electron chi connectivity index (χ2n) is 4.18. The number of halogens is 1. The molecular formula is C11H19IN4O5. The molecule has 9 nitrogen and oxygen atoms in total. The third-order valence-corrected chi connectivity index (χ3v) is 3.23. The zero-order valence-electron chi connectivity index (χ0n) is 11.6. The molecule has 3 amide bonds. The molecule has 5 N–H and O–H groups in total. The van der Waals surface area contributed by atoms with Gasteiger partial charge in [-0.3, -0.25) is 19.2 Å². The maximum Gasteiger partial charge on any atom is 0.303 e. The van der Waals surface area contributed by atoms with Gasteiger partial charge in [0.25, 0.3) is 3.91 Å². The molecule has 0 aromatic heterocycles. The first-order valence-electron chi connectivity index (χ1n) is 6.18. The Balaban J connectivity index is 4.13. The number of carboxylic acids is 1. The highest BCUT2D eigenvalue weighted by molar-refractivity contribution is 14.1. The number of likely N-dealkylation sites (N-methyl/N-ethyl adjacent to an activating group) is 1. The van der Waals surface area contributed by atoms with E-state index in [9.17, 15) is 19.2 Å². The summed E-state index contributed by atoms with van der Waals surface area (Å²) in [5.41, 5.74) is 5.52. The van der Waals surface area contributed by atoms with Crippen molar-refractivity contribution in [1.82, 2.24) is 15.5 Å². The predicted octanol–water partition coefficient (Wildman–Crippen LogP) is -1.10. The standard InChI is InChI=1S/C11H19IN4O5/c1-14-8(17)6-16(11(12)21)5-4-15-10(20)7(13)2-3-9(18)19/h7H,2-6,13H2,1H3,(H,14,17)(H,15,20)(H,18,19)/t7-/m0/s1. The molecule has 0 rings (SSSR count). The molecule has 0 saturated carbocycles. The molecule has 0 aliphatic carbocycles. The molecule has 10 heteroatoms. The molecule has 0 radical (unpaired) electrons. The molecule has 120 valence electrons. The number of carbonyl (C=O) groups excluding carboxylic acids is 3. The van der Waals surface area contributed by atoms with Gasteiger partial charge in [0.15, 0.2) is 0 Å². The highest BCUT2D eigenvalue weighted by atomic mass is 127. The highest BCUT2D eigenvalue weighted by Gasteiger charge is 2.17. The summed E-state index contributed by atoms with van der Waals surface area (Å²) < 4.78 is -0.319. The summed E-state index contributed by atoms with van der Waals surface area (Å²) in [6.45, 7) is 0.192. The third kappa shape index (κ3) is 9.18. The Kier molecular flexibility index (Phi) is 9.62. The Morgan fingerprint density at radius 3 is 2.43 bits per heavy atom. The molecule has 0 fully saturated rings. The Bertz CT molecular complexity index is 404. The van der Waals surface area contributed by atoms with Crippen molar-refractivity contribution in [2.45, 2.75) is 18.9 Å². The van der Waals surface area contributed by atoms with Crippen LogP contribution in [0.2, 0.25) is 0 Å². The van der Waals surface area contributed by atoms with Crippen LogP contribution in [0, 0.1) is 0 Å². The first-order chi connectivity index (χ1) is 9.77. The monoisotopic (exact) mass is 414 g/mol. The van der Waals surface area contributed by atoms with Gasteiger partial charge in [0, 0.05) is 49.1 Å². The lowest BCUT2D eigenvalue weighted by Gasteiger charge is -2.19. The van der Waals surface area contributed by atoms with Crippen LogP contribution in [0.25, 0.3) is 0 Å². The van der Waals surface area contributed by atoms with Crippen LogP contribution in [0.4, 0.5) is 4.79 Å². The van der Waals surface area contributed by atoms with Crippen LogP contribution in [0.5, 0.6) is 0 Å². The molecule has 1 atom stereocenters. The van der Waals surface area contributed by atoms with E-state index in [1.165, 1.54) is 11.9 Å². The van der Waals surface area contributed by atoms with Crippen LogP contribution in [-0.2, 0) is 14.4 Å². The average Bonchev–Trinajstić information content (AvgIpc) is 2.42. The smallest absolute Gasteiger partial charge is 0.303 e. The Morgan fingerprint density at radius 2 is 1.95 bits per heavy atom. The summed E-state index contributed by atoms with van der Waals surface area (Å²) in [6, 6.07) is -0.913. The molecule has 0 saturated heterocycles. The Hall–Kier alpha value is -1.43. The number of amides is 3. The van der Waals surface area contributed by atoms with Crippen LogP contribution >= 0.6 is 22.6 Å². The van der Waals surface area contributed by atoms with Crippen molar-refractivity contribution in [2.24, 2.45) is 5.73 Å². The van der Waals surface area contributed by atoms with Gasteiger partial charge < -0.3 is 26.4 Å². The molecule has 0 unspecified atom stereocenters. The Labute approximate surface area is 135 Å². The van der Waals surface area contributed by atoms with Gasteiger partial charge in [0.1, 0.15) is 6.54 Å². The van der Waals surface area contributed by atoms with Crippen molar-refractivity contribution < 1.29 is 24.3 Å². The van der Waals surface area contributed by atoms with Crippen molar-refractivity contribution >= 4 is 44.3 Å². The zero-order chi connectivity index (χ0) is 16.4. The predicted molar refractivity (Wildman–Crippen MR) is 82.9 cm³/mol. The van der Waals surface area contributed by atoms with Crippen LogP contribution in [0.1, 0.15) is 12.8 Å². The summed E-state index contributed by atoms with van der Waals surface area (Å²) in [5.74, 6) is -1.83. The molecule has 0 aliphatic rings. The number of hydrogen-bond donors (Lipinski definition) is 4. The minimum Gasteiger partial charge on any atom is -0.481 e. The number of hydrogen-bond acceptors (Lipinski definition) is 5. The van der Waals surface area contributed by atoms with Gasteiger partial charge in [-0.2, -0.15) is 0 Å².